The summed E-state index contributed by atoms with van der Waals surface area (Å²) in [7, 11) is 1.42. The number of esters is 1. The van der Waals surface area contributed by atoms with E-state index in [1.807, 2.05) is 13.8 Å². The molecule has 100 valence electrons. The highest BCUT2D eigenvalue weighted by Gasteiger charge is 2.45. The molecule has 1 saturated carbocycles. The molecule has 0 spiro atoms. The standard InChI is InChI=1S/C11H19N5O2/c1-8(2)16-9(13-14-15-16)7-12-11(5-4-6-11)10(17)18-3/h8,12H,4-7H2,1-3H3. The van der Waals surface area contributed by atoms with Gasteiger partial charge in [-0.05, 0) is 43.5 Å². The summed E-state index contributed by atoms with van der Waals surface area (Å²) in [5.74, 6) is 0.539. The quantitative estimate of drug-likeness (QED) is 0.767. The average Bonchev–Trinajstić information content (AvgIpc) is 2.75. The van der Waals surface area contributed by atoms with E-state index in [9.17, 15) is 4.79 Å². The maximum atomic E-state index is 11.8. The van der Waals surface area contributed by atoms with Crippen LogP contribution in [0.4, 0.5) is 0 Å². The Kier molecular flexibility index (Phi) is 3.60. The van der Waals surface area contributed by atoms with Gasteiger partial charge in [0.05, 0.1) is 19.7 Å². The second-order valence-electron chi connectivity index (χ2n) is 4.91. The maximum absolute atomic E-state index is 11.8. The fraction of sp³-hybridized carbons (Fsp3) is 0.818. The number of carbonyl (C=O) groups excluding carboxylic acids is 1. The predicted octanol–water partition coefficient (Wildman–Crippen LogP) is 0.439. The van der Waals surface area contributed by atoms with Gasteiger partial charge >= 0.3 is 5.97 Å². The lowest BCUT2D eigenvalue weighted by Gasteiger charge is -2.39. The van der Waals surface area contributed by atoms with Gasteiger partial charge in [-0.1, -0.05) is 0 Å². The number of nitrogens with zero attached hydrogens (tertiary/aromatic N) is 4. The molecule has 1 aromatic heterocycles. The van der Waals surface area contributed by atoms with Gasteiger partial charge in [0.15, 0.2) is 5.82 Å². The number of methoxy groups -OCH3 is 1. The van der Waals surface area contributed by atoms with E-state index in [2.05, 4.69) is 20.8 Å². The van der Waals surface area contributed by atoms with E-state index in [1.54, 1.807) is 4.68 Å². The second-order valence-corrected chi connectivity index (χ2v) is 4.91. The molecule has 7 nitrogen and oxygen atoms in total. The van der Waals surface area contributed by atoms with Crippen molar-refractivity contribution in [3.63, 3.8) is 0 Å². The van der Waals surface area contributed by atoms with Crippen LogP contribution in [0.5, 0.6) is 0 Å². The van der Waals surface area contributed by atoms with Crippen molar-refractivity contribution in [2.75, 3.05) is 7.11 Å². The minimum absolute atomic E-state index is 0.197. The van der Waals surface area contributed by atoms with Gasteiger partial charge in [-0.2, -0.15) is 0 Å². The van der Waals surface area contributed by atoms with Crippen LogP contribution < -0.4 is 5.32 Å². The highest BCUT2D eigenvalue weighted by molar-refractivity contribution is 5.81. The lowest BCUT2D eigenvalue weighted by Crippen LogP contribution is -2.57. The molecule has 0 aliphatic heterocycles. The summed E-state index contributed by atoms with van der Waals surface area (Å²) in [6.45, 7) is 4.50. The number of hydrogen-bond donors (Lipinski definition) is 1. The molecule has 7 heteroatoms. The molecule has 0 amide bonds. The predicted molar refractivity (Wildman–Crippen MR) is 63.6 cm³/mol. The Hall–Kier alpha value is -1.50. The minimum Gasteiger partial charge on any atom is -0.468 e. The topological polar surface area (TPSA) is 81.9 Å². The summed E-state index contributed by atoms with van der Waals surface area (Å²) in [6.07, 6.45) is 2.66. The molecule has 1 aliphatic rings. The molecule has 0 unspecified atom stereocenters. The van der Waals surface area contributed by atoms with Crippen LogP contribution in [0.3, 0.4) is 0 Å². The van der Waals surface area contributed by atoms with Crippen molar-refractivity contribution in [1.82, 2.24) is 25.5 Å². The van der Waals surface area contributed by atoms with Crippen molar-refractivity contribution in [3.05, 3.63) is 5.82 Å². The first-order valence-corrected chi connectivity index (χ1v) is 6.19. The number of carbonyl (C=O) groups is 1. The first kappa shape index (κ1) is 12.9. The smallest absolute Gasteiger partial charge is 0.326 e. The monoisotopic (exact) mass is 253 g/mol. The van der Waals surface area contributed by atoms with Gasteiger partial charge in [0.2, 0.25) is 0 Å². The van der Waals surface area contributed by atoms with Crippen LogP contribution in [-0.2, 0) is 16.1 Å². The van der Waals surface area contributed by atoms with Gasteiger partial charge in [-0.25, -0.2) is 4.68 Å². The van der Waals surface area contributed by atoms with Crippen molar-refractivity contribution < 1.29 is 9.53 Å². The van der Waals surface area contributed by atoms with Crippen molar-refractivity contribution in [2.45, 2.75) is 51.2 Å². The van der Waals surface area contributed by atoms with E-state index < -0.39 is 5.54 Å². The van der Waals surface area contributed by atoms with Crippen molar-refractivity contribution in [3.8, 4) is 0 Å². The zero-order valence-corrected chi connectivity index (χ0v) is 11.0. The third-order valence-corrected chi connectivity index (χ3v) is 3.42. The molecule has 0 radical (unpaired) electrons. The van der Waals surface area contributed by atoms with Gasteiger partial charge in [0, 0.05) is 0 Å². The number of nitrogens with one attached hydrogen (secondary N) is 1. The summed E-state index contributed by atoms with van der Waals surface area (Å²) in [4.78, 5) is 11.8. The summed E-state index contributed by atoms with van der Waals surface area (Å²) in [5.41, 5.74) is -0.539. The Morgan fingerprint density at radius 3 is 2.78 bits per heavy atom. The first-order valence-electron chi connectivity index (χ1n) is 6.19. The summed E-state index contributed by atoms with van der Waals surface area (Å²) in [6, 6.07) is 0.201. The van der Waals surface area contributed by atoms with Gasteiger partial charge in [-0.15, -0.1) is 5.10 Å². The Labute approximate surface area is 106 Å². The van der Waals surface area contributed by atoms with Crippen LogP contribution in [0.25, 0.3) is 0 Å². The molecular weight excluding hydrogens is 234 g/mol. The van der Waals surface area contributed by atoms with E-state index in [1.165, 1.54) is 7.11 Å². The molecule has 0 bridgehead atoms. The Morgan fingerprint density at radius 1 is 1.56 bits per heavy atom. The highest BCUT2D eigenvalue weighted by Crippen LogP contribution is 2.33. The third-order valence-electron chi connectivity index (χ3n) is 3.42. The first-order chi connectivity index (χ1) is 8.59. The summed E-state index contributed by atoms with van der Waals surface area (Å²) < 4.78 is 6.59. The maximum Gasteiger partial charge on any atom is 0.326 e. The van der Waals surface area contributed by atoms with Crippen LogP contribution in [0, 0.1) is 0 Å². The zero-order valence-electron chi connectivity index (χ0n) is 11.0. The van der Waals surface area contributed by atoms with Gasteiger partial charge in [0.1, 0.15) is 5.54 Å². The Balaban J connectivity index is 2.02. The summed E-state index contributed by atoms with van der Waals surface area (Å²) >= 11 is 0. The van der Waals surface area contributed by atoms with Gasteiger partial charge < -0.3 is 4.74 Å². The highest BCUT2D eigenvalue weighted by atomic mass is 16.5. The third kappa shape index (κ3) is 2.22. The second kappa shape index (κ2) is 5.01. The van der Waals surface area contributed by atoms with Crippen LogP contribution in [0.1, 0.15) is 45.0 Å². The molecule has 2 rings (SSSR count). The number of aromatic nitrogens is 4. The number of tetrazole rings is 1. The molecule has 1 heterocycles. The number of ether oxygens (including phenoxy) is 1. The number of rotatable bonds is 5. The molecule has 1 N–H and O–H groups in total. The van der Waals surface area contributed by atoms with Gasteiger partial charge in [0.25, 0.3) is 0 Å². The zero-order chi connectivity index (χ0) is 13.2. The van der Waals surface area contributed by atoms with E-state index in [0.29, 0.717) is 6.54 Å². The fourth-order valence-corrected chi connectivity index (χ4v) is 2.16. The molecule has 0 atom stereocenters. The molecule has 1 aliphatic carbocycles. The molecule has 0 aromatic carbocycles. The normalized spacial score (nSPS) is 17.6. The lowest BCUT2D eigenvalue weighted by molar-refractivity contribution is -0.152. The largest absolute Gasteiger partial charge is 0.468 e. The van der Waals surface area contributed by atoms with Crippen molar-refractivity contribution in [2.24, 2.45) is 0 Å². The molecule has 0 saturated heterocycles. The van der Waals surface area contributed by atoms with E-state index in [0.717, 1.165) is 25.1 Å². The van der Waals surface area contributed by atoms with E-state index >= 15 is 0 Å². The number of hydrogen-bond acceptors (Lipinski definition) is 6. The van der Waals surface area contributed by atoms with Crippen LogP contribution in [0.15, 0.2) is 0 Å². The van der Waals surface area contributed by atoms with Crippen molar-refractivity contribution >= 4 is 5.97 Å². The van der Waals surface area contributed by atoms with Gasteiger partial charge in [-0.3, -0.25) is 10.1 Å². The average molecular weight is 253 g/mol. The van der Waals surface area contributed by atoms with Crippen LogP contribution in [-0.4, -0.2) is 38.8 Å². The lowest BCUT2D eigenvalue weighted by atomic mass is 9.76. The Morgan fingerprint density at radius 2 is 2.28 bits per heavy atom. The summed E-state index contributed by atoms with van der Waals surface area (Å²) in [5, 5.41) is 14.8. The Bertz CT molecular complexity index is 425. The molecular formula is C11H19N5O2. The van der Waals surface area contributed by atoms with E-state index in [-0.39, 0.29) is 12.0 Å². The molecule has 1 aromatic rings. The fourth-order valence-electron chi connectivity index (χ4n) is 2.16. The SMILES string of the molecule is COC(=O)C1(NCc2nnnn2C(C)C)CCC1. The molecule has 1 fully saturated rings. The van der Waals surface area contributed by atoms with Crippen LogP contribution >= 0.6 is 0 Å². The molecule has 18 heavy (non-hydrogen) atoms. The minimum atomic E-state index is -0.539. The van der Waals surface area contributed by atoms with E-state index in [4.69, 9.17) is 4.74 Å². The van der Waals surface area contributed by atoms with Crippen LogP contribution in [0.2, 0.25) is 0 Å². The van der Waals surface area contributed by atoms with Crippen molar-refractivity contribution in [1.29, 1.82) is 0 Å².